The smallest absolute Gasteiger partial charge is 0.295 e. The number of hydrogen-bond acceptors (Lipinski definition) is 3. The molecule has 2 rings (SSSR count). The maximum atomic E-state index is 13.4. The van der Waals surface area contributed by atoms with Crippen molar-refractivity contribution in [1.29, 1.82) is 0 Å². The monoisotopic (exact) mass is 307 g/mol. The van der Waals surface area contributed by atoms with Crippen LogP contribution in [0, 0.1) is 11.7 Å². The van der Waals surface area contributed by atoms with Crippen molar-refractivity contribution in [3.8, 4) is 5.75 Å². The zero-order chi connectivity index (χ0) is 16.3. The molecule has 1 aromatic rings. The second-order valence-corrected chi connectivity index (χ2v) is 5.92. The Morgan fingerprint density at radius 2 is 1.95 bits per heavy atom. The van der Waals surface area contributed by atoms with Crippen molar-refractivity contribution in [3.05, 3.63) is 29.6 Å². The minimum Gasteiger partial charge on any atom is -0.496 e. The van der Waals surface area contributed by atoms with Gasteiger partial charge in [-0.15, -0.1) is 0 Å². The van der Waals surface area contributed by atoms with E-state index in [9.17, 15) is 14.0 Å². The van der Waals surface area contributed by atoms with Gasteiger partial charge < -0.3 is 9.64 Å². The van der Waals surface area contributed by atoms with Crippen LogP contribution in [0.4, 0.5) is 4.39 Å². The zero-order valence-electron chi connectivity index (χ0n) is 13.3. The van der Waals surface area contributed by atoms with E-state index in [2.05, 4.69) is 6.92 Å². The minimum absolute atomic E-state index is 0.0252. The summed E-state index contributed by atoms with van der Waals surface area (Å²) in [5, 5.41) is 0. The van der Waals surface area contributed by atoms with Crippen LogP contribution in [-0.4, -0.2) is 36.8 Å². The molecule has 1 aliphatic carbocycles. The molecular weight excluding hydrogens is 285 g/mol. The number of benzene rings is 1. The predicted molar refractivity (Wildman–Crippen MR) is 81.5 cm³/mol. The molecule has 5 heteroatoms. The van der Waals surface area contributed by atoms with Gasteiger partial charge in [-0.1, -0.05) is 19.8 Å². The summed E-state index contributed by atoms with van der Waals surface area (Å²) in [5.41, 5.74) is -0.0252. The number of ketones is 1. The highest BCUT2D eigenvalue weighted by Gasteiger charge is 2.32. The van der Waals surface area contributed by atoms with Gasteiger partial charge in [0, 0.05) is 13.1 Å². The Hall–Kier alpha value is -1.91. The van der Waals surface area contributed by atoms with Crippen molar-refractivity contribution in [2.75, 3.05) is 14.2 Å². The molecule has 1 aromatic carbocycles. The molecule has 2 atom stereocenters. The Labute approximate surface area is 130 Å². The van der Waals surface area contributed by atoms with Gasteiger partial charge in [0.25, 0.3) is 11.7 Å². The van der Waals surface area contributed by atoms with E-state index < -0.39 is 17.5 Å². The van der Waals surface area contributed by atoms with Crippen LogP contribution < -0.4 is 4.74 Å². The van der Waals surface area contributed by atoms with Crippen LogP contribution in [0.1, 0.15) is 43.0 Å². The van der Waals surface area contributed by atoms with E-state index >= 15 is 0 Å². The number of halogens is 1. The fourth-order valence-corrected chi connectivity index (χ4v) is 3.16. The molecule has 4 nitrogen and oxygen atoms in total. The lowest BCUT2D eigenvalue weighted by Crippen LogP contribution is -2.45. The molecule has 0 aromatic heterocycles. The lowest BCUT2D eigenvalue weighted by Gasteiger charge is -2.35. The predicted octanol–water partition coefficient (Wildman–Crippen LogP) is 3.05. The second-order valence-electron chi connectivity index (χ2n) is 5.92. The maximum absolute atomic E-state index is 13.4. The summed E-state index contributed by atoms with van der Waals surface area (Å²) in [5.74, 6) is -1.32. The molecule has 0 heterocycles. The standard InChI is InChI=1S/C17H22FNO3/c1-11-6-4-5-7-14(11)19(2)17(21)16(20)13-10-12(18)8-9-15(13)22-3/h8-11,14H,4-7H2,1-3H3/t11-,14+/m0/s1. The third-order valence-electron chi connectivity index (χ3n) is 4.48. The first kappa shape index (κ1) is 16.5. The Morgan fingerprint density at radius 3 is 2.59 bits per heavy atom. The number of rotatable bonds is 4. The number of Topliss-reactive ketones (excluding diaryl/α,β-unsaturated/α-hetero) is 1. The number of ether oxygens (including phenoxy) is 1. The number of methoxy groups -OCH3 is 1. The topological polar surface area (TPSA) is 46.6 Å². The van der Waals surface area contributed by atoms with E-state index in [-0.39, 0.29) is 17.4 Å². The van der Waals surface area contributed by atoms with Crippen molar-refractivity contribution < 1.29 is 18.7 Å². The van der Waals surface area contributed by atoms with Gasteiger partial charge in [0.05, 0.1) is 12.7 Å². The van der Waals surface area contributed by atoms with Crippen LogP contribution in [0.5, 0.6) is 5.75 Å². The van der Waals surface area contributed by atoms with Crippen molar-refractivity contribution in [1.82, 2.24) is 4.90 Å². The third-order valence-corrected chi connectivity index (χ3v) is 4.48. The molecule has 1 saturated carbocycles. The summed E-state index contributed by atoms with van der Waals surface area (Å²) in [4.78, 5) is 26.4. The molecular formula is C17H22FNO3. The Morgan fingerprint density at radius 1 is 1.27 bits per heavy atom. The lowest BCUT2D eigenvalue weighted by molar-refractivity contribution is -0.128. The molecule has 1 aliphatic rings. The summed E-state index contributed by atoms with van der Waals surface area (Å²) in [6.07, 6.45) is 4.17. The van der Waals surface area contributed by atoms with Crippen molar-refractivity contribution in [2.45, 2.75) is 38.6 Å². The molecule has 0 N–H and O–H groups in total. The Bertz CT molecular complexity index is 573. The van der Waals surface area contributed by atoms with Crippen LogP contribution in [0.2, 0.25) is 0 Å². The number of amides is 1. The summed E-state index contributed by atoms with van der Waals surface area (Å²) >= 11 is 0. The zero-order valence-corrected chi connectivity index (χ0v) is 13.3. The molecule has 0 aliphatic heterocycles. The number of carbonyl (C=O) groups is 2. The maximum Gasteiger partial charge on any atom is 0.295 e. The van der Waals surface area contributed by atoms with Crippen LogP contribution in [0.3, 0.4) is 0 Å². The molecule has 0 saturated heterocycles. The van der Waals surface area contributed by atoms with Gasteiger partial charge in [0.1, 0.15) is 11.6 Å². The highest BCUT2D eigenvalue weighted by molar-refractivity contribution is 6.43. The number of likely N-dealkylation sites (N-methyl/N-ethyl adjacent to an activating group) is 1. The molecule has 0 radical (unpaired) electrons. The summed E-state index contributed by atoms with van der Waals surface area (Å²) in [6.45, 7) is 2.10. The molecule has 0 unspecified atom stereocenters. The minimum atomic E-state index is -0.725. The van der Waals surface area contributed by atoms with Gasteiger partial charge in [-0.2, -0.15) is 0 Å². The highest BCUT2D eigenvalue weighted by Crippen LogP contribution is 2.28. The number of carbonyl (C=O) groups excluding carboxylic acids is 2. The fraction of sp³-hybridized carbons (Fsp3) is 0.529. The van der Waals surface area contributed by atoms with Crippen LogP contribution >= 0.6 is 0 Å². The second kappa shape index (κ2) is 6.90. The van der Waals surface area contributed by atoms with Crippen molar-refractivity contribution in [2.24, 2.45) is 5.92 Å². The van der Waals surface area contributed by atoms with Crippen molar-refractivity contribution >= 4 is 11.7 Å². The molecule has 0 spiro atoms. The fourth-order valence-electron chi connectivity index (χ4n) is 3.16. The van der Waals surface area contributed by atoms with Gasteiger partial charge in [-0.25, -0.2) is 4.39 Å². The average molecular weight is 307 g/mol. The van der Waals surface area contributed by atoms with Crippen molar-refractivity contribution in [3.63, 3.8) is 0 Å². The summed E-state index contributed by atoms with van der Waals surface area (Å²) < 4.78 is 18.5. The van der Waals surface area contributed by atoms with Gasteiger partial charge in [0.2, 0.25) is 0 Å². The van der Waals surface area contributed by atoms with Gasteiger partial charge in [-0.3, -0.25) is 9.59 Å². The van der Waals surface area contributed by atoms with Gasteiger partial charge in [0.15, 0.2) is 0 Å². The summed E-state index contributed by atoms with van der Waals surface area (Å²) in [6, 6.07) is 3.67. The Balaban J connectivity index is 2.21. The SMILES string of the molecule is COc1ccc(F)cc1C(=O)C(=O)N(C)[C@@H]1CCCC[C@@H]1C. The van der Waals surface area contributed by atoms with Gasteiger partial charge in [-0.05, 0) is 37.0 Å². The summed E-state index contributed by atoms with van der Waals surface area (Å²) in [7, 11) is 3.04. The highest BCUT2D eigenvalue weighted by atomic mass is 19.1. The average Bonchev–Trinajstić information content (AvgIpc) is 2.53. The molecule has 1 amide bonds. The lowest BCUT2D eigenvalue weighted by atomic mass is 9.85. The van der Waals surface area contributed by atoms with Crippen LogP contribution in [0.15, 0.2) is 18.2 Å². The van der Waals surface area contributed by atoms with E-state index in [4.69, 9.17) is 4.74 Å². The molecule has 1 fully saturated rings. The largest absolute Gasteiger partial charge is 0.496 e. The van der Waals surface area contributed by atoms with Crippen LogP contribution in [-0.2, 0) is 4.79 Å². The number of hydrogen-bond donors (Lipinski definition) is 0. The van der Waals surface area contributed by atoms with E-state index in [0.29, 0.717) is 5.92 Å². The quantitative estimate of drug-likeness (QED) is 0.634. The Kier molecular flexibility index (Phi) is 5.16. The molecule has 120 valence electrons. The van der Waals surface area contributed by atoms with E-state index in [1.165, 1.54) is 24.1 Å². The van der Waals surface area contributed by atoms with E-state index in [1.54, 1.807) is 7.05 Å². The molecule has 22 heavy (non-hydrogen) atoms. The molecule has 0 bridgehead atoms. The third kappa shape index (κ3) is 3.29. The number of nitrogens with zero attached hydrogens (tertiary/aromatic N) is 1. The first-order valence-electron chi connectivity index (χ1n) is 7.60. The van der Waals surface area contributed by atoms with Gasteiger partial charge >= 0.3 is 0 Å². The normalized spacial score (nSPS) is 21.3. The first-order chi connectivity index (χ1) is 10.5. The van der Waals surface area contributed by atoms with Crippen LogP contribution in [0.25, 0.3) is 0 Å². The first-order valence-corrected chi connectivity index (χ1v) is 7.60. The van der Waals surface area contributed by atoms with E-state index in [0.717, 1.165) is 31.7 Å². The van der Waals surface area contributed by atoms with E-state index in [1.807, 2.05) is 0 Å².